The summed E-state index contributed by atoms with van der Waals surface area (Å²) < 4.78 is 2.40. The minimum atomic E-state index is 0.484. The molecule has 0 saturated heterocycles. The minimum absolute atomic E-state index is 0.484. The maximum atomic E-state index is 4.54. The molecule has 1 aliphatic carbocycles. The lowest BCUT2D eigenvalue weighted by Crippen LogP contribution is -2.04. The number of hydrogen-bond donors (Lipinski definition) is 0. The average molecular weight is 212 g/mol. The Balaban J connectivity index is 2.43. The second-order valence-electron chi connectivity index (χ2n) is 4.64. The Bertz CT molecular complexity index is 561. The van der Waals surface area contributed by atoms with Gasteiger partial charge in [-0.1, -0.05) is 6.08 Å². The van der Waals surface area contributed by atoms with E-state index in [1.54, 1.807) is 0 Å². The molecule has 2 heteroatoms. The van der Waals surface area contributed by atoms with E-state index in [1.165, 1.54) is 22.3 Å². The molecular weight excluding hydrogens is 196 g/mol. The second-order valence-corrected chi connectivity index (χ2v) is 4.64. The lowest BCUT2D eigenvalue weighted by atomic mass is 10.0. The normalized spacial score (nSPS) is 14.7. The van der Waals surface area contributed by atoms with E-state index < -0.39 is 0 Å². The average Bonchev–Trinajstić information content (AvgIpc) is 2.63. The number of aryl methyl sites for hydroxylation is 1. The number of fused-ring (bicyclic) bond motifs is 3. The first kappa shape index (κ1) is 9.64. The largest absolute Gasteiger partial charge is 0.337 e. The summed E-state index contributed by atoms with van der Waals surface area (Å²) in [5.74, 6) is 0. The molecule has 0 aliphatic heterocycles. The van der Waals surface area contributed by atoms with E-state index in [9.17, 15) is 0 Å². The van der Waals surface area contributed by atoms with Crippen molar-refractivity contribution in [2.75, 3.05) is 0 Å². The number of allylic oxidation sites excluding steroid dienone is 1. The predicted octanol–water partition coefficient (Wildman–Crippen LogP) is 3.58. The van der Waals surface area contributed by atoms with Gasteiger partial charge in [-0.05, 0) is 44.9 Å². The van der Waals surface area contributed by atoms with Crippen LogP contribution in [0.5, 0.6) is 0 Å². The fourth-order valence-electron chi connectivity index (χ4n) is 2.63. The first-order valence-corrected chi connectivity index (χ1v) is 5.93. The van der Waals surface area contributed by atoms with Gasteiger partial charge in [0.2, 0.25) is 0 Å². The molecule has 82 valence electrons. The van der Waals surface area contributed by atoms with Crippen LogP contribution >= 0.6 is 0 Å². The highest BCUT2D eigenvalue weighted by atomic mass is 15.0. The molecule has 3 rings (SSSR count). The lowest BCUT2D eigenvalue weighted by Gasteiger charge is -2.14. The van der Waals surface area contributed by atoms with Crippen LogP contribution < -0.4 is 0 Å². The van der Waals surface area contributed by atoms with Gasteiger partial charge in [0, 0.05) is 23.5 Å². The molecule has 0 fully saturated rings. The van der Waals surface area contributed by atoms with Gasteiger partial charge in [-0.25, -0.2) is 0 Å². The molecule has 2 aromatic rings. The predicted molar refractivity (Wildman–Crippen MR) is 67.5 cm³/mol. The number of rotatable bonds is 1. The van der Waals surface area contributed by atoms with E-state index in [-0.39, 0.29) is 0 Å². The molecule has 0 amide bonds. The van der Waals surface area contributed by atoms with Gasteiger partial charge in [0.15, 0.2) is 0 Å². The number of hydrogen-bond acceptors (Lipinski definition) is 1. The van der Waals surface area contributed by atoms with Crippen molar-refractivity contribution < 1.29 is 0 Å². The Morgan fingerprint density at radius 1 is 1.38 bits per heavy atom. The third kappa shape index (κ3) is 1.22. The molecule has 0 N–H and O–H groups in total. The van der Waals surface area contributed by atoms with Crippen LogP contribution in [0.15, 0.2) is 24.4 Å². The zero-order chi connectivity index (χ0) is 11.1. The third-order valence-electron chi connectivity index (χ3n) is 3.25. The van der Waals surface area contributed by atoms with Crippen LogP contribution in [0.1, 0.15) is 37.6 Å². The molecule has 0 spiro atoms. The summed E-state index contributed by atoms with van der Waals surface area (Å²) in [5.41, 5.74) is 5.24. The second kappa shape index (κ2) is 3.48. The van der Waals surface area contributed by atoms with Gasteiger partial charge in [0.1, 0.15) is 0 Å². The van der Waals surface area contributed by atoms with E-state index in [2.05, 4.69) is 41.6 Å². The van der Waals surface area contributed by atoms with Gasteiger partial charge in [0.25, 0.3) is 0 Å². The monoisotopic (exact) mass is 212 g/mol. The summed E-state index contributed by atoms with van der Waals surface area (Å²) in [6.07, 6.45) is 8.67. The molecule has 0 saturated carbocycles. The maximum absolute atomic E-state index is 4.54. The smallest absolute Gasteiger partial charge is 0.0919 e. The van der Waals surface area contributed by atoms with Gasteiger partial charge < -0.3 is 4.57 Å². The summed E-state index contributed by atoms with van der Waals surface area (Å²) in [4.78, 5) is 4.54. The molecular formula is C14H16N2. The van der Waals surface area contributed by atoms with Gasteiger partial charge in [0.05, 0.1) is 11.0 Å². The van der Waals surface area contributed by atoms with Crippen LogP contribution in [-0.4, -0.2) is 9.55 Å². The van der Waals surface area contributed by atoms with E-state index in [0.29, 0.717) is 6.04 Å². The molecule has 2 nitrogen and oxygen atoms in total. The molecule has 1 aliphatic rings. The van der Waals surface area contributed by atoms with Crippen molar-refractivity contribution in [3.8, 4) is 0 Å². The van der Waals surface area contributed by atoms with Crippen molar-refractivity contribution in [2.45, 2.75) is 32.7 Å². The van der Waals surface area contributed by atoms with Gasteiger partial charge in [-0.2, -0.15) is 0 Å². The number of aromatic nitrogens is 2. The van der Waals surface area contributed by atoms with E-state index in [0.717, 1.165) is 12.8 Å². The lowest BCUT2D eigenvalue weighted by molar-refractivity contribution is 0.614. The zero-order valence-electron chi connectivity index (χ0n) is 9.77. The Kier molecular flexibility index (Phi) is 2.10. The van der Waals surface area contributed by atoms with Crippen LogP contribution in [0, 0.1) is 0 Å². The maximum Gasteiger partial charge on any atom is 0.0919 e. The highest BCUT2D eigenvalue weighted by molar-refractivity contribution is 5.85. The molecule has 16 heavy (non-hydrogen) atoms. The molecule has 0 bridgehead atoms. The van der Waals surface area contributed by atoms with Gasteiger partial charge in [-0.3, -0.25) is 4.98 Å². The highest BCUT2D eigenvalue weighted by Crippen LogP contribution is 2.32. The van der Waals surface area contributed by atoms with Crippen LogP contribution in [0.4, 0.5) is 0 Å². The first-order chi connectivity index (χ1) is 7.79. The fraction of sp³-hybridized carbons (Fsp3) is 0.357. The summed E-state index contributed by atoms with van der Waals surface area (Å²) >= 11 is 0. The summed E-state index contributed by atoms with van der Waals surface area (Å²) in [5, 5.41) is 0. The summed E-state index contributed by atoms with van der Waals surface area (Å²) in [6.45, 7) is 4.46. The van der Waals surface area contributed by atoms with Crippen LogP contribution in [0.25, 0.3) is 17.1 Å². The van der Waals surface area contributed by atoms with Crippen molar-refractivity contribution in [3.63, 3.8) is 0 Å². The van der Waals surface area contributed by atoms with Crippen LogP contribution in [-0.2, 0) is 6.42 Å². The summed E-state index contributed by atoms with van der Waals surface area (Å²) in [6, 6.07) is 4.68. The molecule has 0 unspecified atom stereocenters. The number of nitrogens with zero attached hydrogens (tertiary/aromatic N) is 2. The summed E-state index contributed by atoms with van der Waals surface area (Å²) in [7, 11) is 0. The SMILES string of the molecule is CC(C)n1c2c(c3ncccc31)CCC=C2. The Hall–Kier alpha value is -1.57. The van der Waals surface area contributed by atoms with Crippen molar-refractivity contribution in [2.24, 2.45) is 0 Å². The topological polar surface area (TPSA) is 17.8 Å². The highest BCUT2D eigenvalue weighted by Gasteiger charge is 2.18. The van der Waals surface area contributed by atoms with Gasteiger partial charge >= 0.3 is 0 Å². The van der Waals surface area contributed by atoms with Crippen molar-refractivity contribution in [1.82, 2.24) is 9.55 Å². The number of pyridine rings is 1. The molecule has 0 radical (unpaired) electrons. The fourth-order valence-corrected chi connectivity index (χ4v) is 2.63. The Labute approximate surface area is 95.6 Å². The van der Waals surface area contributed by atoms with Crippen LogP contribution in [0.2, 0.25) is 0 Å². The van der Waals surface area contributed by atoms with Gasteiger partial charge in [-0.15, -0.1) is 0 Å². The van der Waals surface area contributed by atoms with Crippen molar-refractivity contribution in [3.05, 3.63) is 35.7 Å². The Morgan fingerprint density at radius 3 is 3.06 bits per heavy atom. The quantitative estimate of drug-likeness (QED) is 0.706. The first-order valence-electron chi connectivity index (χ1n) is 5.93. The van der Waals surface area contributed by atoms with Crippen molar-refractivity contribution in [1.29, 1.82) is 0 Å². The minimum Gasteiger partial charge on any atom is -0.337 e. The molecule has 0 aromatic carbocycles. The van der Waals surface area contributed by atoms with E-state index in [1.807, 2.05) is 12.3 Å². The standard InChI is InChI=1S/C14H16N2/c1-10(2)16-12-7-4-3-6-11(12)14-13(16)8-5-9-15-14/h4-5,7-10H,3,6H2,1-2H3. The zero-order valence-corrected chi connectivity index (χ0v) is 9.77. The van der Waals surface area contributed by atoms with Crippen molar-refractivity contribution >= 4 is 17.1 Å². The van der Waals surface area contributed by atoms with E-state index in [4.69, 9.17) is 0 Å². The Morgan fingerprint density at radius 2 is 2.25 bits per heavy atom. The molecule has 2 aromatic heterocycles. The molecule has 0 atom stereocenters. The van der Waals surface area contributed by atoms with E-state index >= 15 is 0 Å². The third-order valence-corrected chi connectivity index (χ3v) is 3.25. The van der Waals surface area contributed by atoms with Crippen LogP contribution in [0.3, 0.4) is 0 Å². The molecule has 2 heterocycles.